The van der Waals surface area contributed by atoms with Crippen molar-refractivity contribution in [1.82, 2.24) is 10.2 Å². The summed E-state index contributed by atoms with van der Waals surface area (Å²) in [5, 5.41) is 3.89. The van der Waals surface area contributed by atoms with Crippen LogP contribution in [0.25, 0.3) is 0 Å². The molecule has 0 radical (unpaired) electrons. The van der Waals surface area contributed by atoms with E-state index in [0.29, 0.717) is 6.04 Å². The van der Waals surface area contributed by atoms with Gasteiger partial charge in [-0.3, -0.25) is 0 Å². The fourth-order valence-electron chi connectivity index (χ4n) is 2.42. The first-order chi connectivity index (χ1) is 10.1. The second-order valence-corrected chi connectivity index (χ2v) is 7.29. The number of carbonyl (C=O) groups is 1. The molecule has 3 nitrogen and oxygen atoms in total. The van der Waals surface area contributed by atoms with E-state index in [1.165, 1.54) is 5.56 Å². The van der Waals surface area contributed by atoms with Gasteiger partial charge in [-0.2, -0.15) is 11.8 Å². The molecule has 1 aromatic rings. The van der Waals surface area contributed by atoms with Gasteiger partial charge < -0.3 is 10.2 Å². The molecule has 1 atom stereocenters. The van der Waals surface area contributed by atoms with Crippen LogP contribution >= 0.6 is 23.4 Å². The fraction of sp³-hybridized carbons (Fsp3) is 0.562. The van der Waals surface area contributed by atoms with Crippen molar-refractivity contribution in [3.8, 4) is 0 Å². The molecule has 0 spiro atoms. The van der Waals surface area contributed by atoms with E-state index < -0.39 is 0 Å². The molecule has 1 heterocycles. The lowest BCUT2D eigenvalue weighted by Crippen LogP contribution is -2.48. The number of rotatable bonds is 4. The number of thioether (sulfide) groups is 1. The van der Waals surface area contributed by atoms with E-state index in [1.807, 2.05) is 43.1 Å². The molecule has 2 amide bonds. The second kappa shape index (κ2) is 7.95. The summed E-state index contributed by atoms with van der Waals surface area (Å²) in [6, 6.07) is 8.35. The van der Waals surface area contributed by atoms with Crippen LogP contribution in [-0.4, -0.2) is 41.6 Å². The molecular weight excluding hydrogens is 304 g/mol. The van der Waals surface area contributed by atoms with Gasteiger partial charge >= 0.3 is 6.03 Å². The van der Waals surface area contributed by atoms with Gasteiger partial charge in [0.05, 0.1) is 0 Å². The summed E-state index contributed by atoms with van der Waals surface area (Å²) in [6.07, 6.45) is 2.99. The van der Waals surface area contributed by atoms with Crippen LogP contribution in [0.3, 0.4) is 0 Å². The van der Waals surface area contributed by atoms with E-state index in [9.17, 15) is 4.79 Å². The summed E-state index contributed by atoms with van der Waals surface area (Å²) in [5.41, 5.74) is 1.20. The van der Waals surface area contributed by atoms with E-state index in [2.05, 4.69) is 12.2 Å². The van der Waals surface area contributed by atoms with E-state index >= 15 is 0 Å². The Morgan fingerprint density at radius 3 is 2.62 bits per heavy atom. The first kappa shape index (κ1) is 16.5. The van der Waals surface area contributed by atoms with Gasteiger partial charge in [-0.05, 0) is 55.4 Å². The Kier molecular flexibility index (Phi) is 6.24. The molecule has 21 heavy (non-hydrogen) atoms. The van der Waals surface area contributed by atoms with Crippen molar-refractivity contribution in [2.45, 2.75) is 38.3 Å². The predicted molar refractivity (Wildman–Crippen MR) is 91.3 cm³/mol. The molecule has 0 bridgehead atoms. The van der Waals surface area contributed by atoms with Crippen LogP contribution in [0.4, 0.5) is 4.79 Å². The van der Waals surface area contributed by atoms with Crippen molar-refractivity contribution < 1.29 is 4.79 Å². The standard InChI is InChI=1S/C16H23ClN2OS/c1-12(11-13-3-5-14(17)6-4-13)19(2)16(20)18-15-7-9-21-10-8-15/h3-6,12,15H,7-11H2,1-2H3,(H,18,20)/t12-/m0/s1. The summed E-state index contributed by atoms with van der Waals surface area (Å²) in [5.74, 6) is 2.30. The van der Waals surface area contributed by atoms with Crippen LogP contribution in [0.15, 0.2) is 24.3 Å². The Bertz CT molecular complexity index is 460. The predicted octanol–water partition coefficient (Wildman–Crippen LogP) is 3.81. The van der Waals surface area contributed by atoms with E-state index in [0.717, 1.165) is 35.8 Å². The van der Waals surface area contributed by atoms with Crippen molar-refractivity contribution in [2.24, 2.45) is 0 Å². The summed E-state index contributed by atoms with van der Waals surface area (Å²) in [6.45, 7) is 2.07. The molecule has 1 N–H and O–H groups in total. The van der Waals surface area contributed by atoms with Crippen molar-refractivity contribution >= 4 is 29.4 Å². The lowest BCUT2D eigenvalue weighted by atomic mass is 10.1. The SMILES string of the molecule is C[C@@H](Cc1ccc(Cl)cc1)N(C)C(=O)NC1CCSCC1. The van der Waals surface area contributed by atoms with Crippen molar-refractivity contribution in [2.75, 3.05) is 18.6 Å². The van der Waals surface area contributed by atoms with Gasteiger partial charge in [-0.25, -0.2) is 4.79 Å². The Morgan fingerprint density at radius 2 is 2.00 bits per heavy atom. The minimum absolute atomic E-state index is 0.0355. The number of hydrogen-bond acceptors (Lipinski definition) is 2. The third-order valence-corrected chi connectivity index (χ3v) is 5.28. The number of urea groups is 1. The average molecular weight is 327 g/mol. The van der Waals surface area contributed by atoms with Crippen LogP contribution in [0, 0.1) is 0 Å². The highest BCUT2D eigenvalue weighted by atomic mass is 35.5. The van der Waals surface area contributed by atoms with Crippen LogP contribution < -0.4 is 5.32 Å². The summed E-state index contributed by atoms with van der Waals surface area (Å²) >= 11 is 7.86. The van der Waals surface area contributed by atoms with Gasteiger partial charge in [0, 0.05) is 24.2 Å². The smallest absolute Gasteiger partial charge is 0.317 e. The zero-order valence-electron chi connectivity index (χ0n) is 12.6. The van der Waals surface area contributed by atoms with E-state index in [-0.39, 0.29) is 12.1 Å². The van der Waals surface area contributed by atoms with Gasteiger partial charge in [0.1, 0.15) is 0 Å². The zero-order chi connectivity index (χ0) is 15.2. The molecular formula is C16H23ClN2OS. The maximum Gasteiger partial charge on any atom is 0.317 e. The summed E-state index contributed by atoms with van der Waals surface area (Å²) in [4.78, 5) is 14.1. The van der Waals surface area contributed by atoms with E-state index in [1.54, 1.807) is 4.90 Å². The minimum Gasteiger partial charge on any atom is -0.335 e. The third kappa shape index (κ3) is 5.11. The summed E-state index contributed by atoms with van der Waals surface area (Å²) in [7, 11) is 1.87. The molecule has 1 aromatic carbocycles. The minimum atomic E-state index is 0.0355. The highest BCUT2D eigenvalue weighted by Crippen LogP contribution is 2.17. The highest BCUT2D eigenvalue weighted by molar-refractivity contribution is 7.99. The largest absolute Gasteiger partial charge is 0.335 e. The number of benzene rings is 1. The molecule has 0 aliphatic carbocycles. The van der Waals surface area contributed by atoms with Gasteiger partial charge in [0.25, 0.3) is 0 Å². The van der Waals surface area contributed by atoms with Crippen LogP contribution in [0.1, 0.15) is 25.3 Å². The molecule has 1 aliphatic heterocycles. The molecule has 5 heteroatoms. The molecule has 0 saturated carbocycles. The average Bonchev–Trinajstić information content (AvgIpc) is 2.49. The normalized spacial score (nSPS) is 17.3. The van der Waals surface area contributed by atoms with E-state index in [4.69, 9.17) is 11.6 Å². The molecule has 2 rings (SSSR count). The quantitative estimate of drug-likeness (QED) is 0.912. The highest BCUT2D eigenvalue weighted by Gasteiger charge is 2.21. The topological polar surface area (TPSA) is 32.3 Å². The number of carbonyl (C=O) groups excluding carboxylic acids is 1. The number of hydrogen-bond donors (Lipinski definition) is 1. The van der Waals surface area contributed by atoms with Gasteiger partial charge in [0.15, 0.2) is 0 Å². The Hall–Kier alpha value is -0.870. The number of nitrogens with one attached hydrogen (secondary N) is 1. The van der Waals surface area contributed by atoms with Crippen molar-refractivity contribution in [3.63, 3.8) is 0 Å². The van der Waals surface area contributed by atoms with Gasteiger partial charge in [-0.1, -0.05) is 23.7 Å². The van der Waals surface area contributed by atoms with Crippen LogP contribution in [0.2, 0.25) is 5.02 Å². The monoisotopic (exact) mass is 326 g/mol. The lowest BCUT2D eigenvalue weighted by Gasteiger charge is -2.29. The Labute approximate surface area is 136 Å². The van der Waals surface area contributed by atoms with Gasteiger partial charge in [0.2, 0.25) is 0 Å². The zero-order valence-corrected chi connectivity index (χ0v) is 14.2. The number of halogens is 1. The number of nitrogens with zero attached hydrogens (tertiary/aromatic N) is 1. The molecule has 1 saturated heterocycles. The third-order valence-electron chi connectivity index (χ3n) is 3.97. The molecule has 1 aliphatic rings. The van der Waals surface area contributed by atoms with Crippen LogP contribution in [0.5, 0.6) is 0 Å². The van der Waals surface area contributed by atoms with Crippen molar-refractivity contribution in [3.05, 3.63) is 34.9 Å². The summed E-state index contributed by atoms with van der Waals surface area (Å²) < 4.78 is 0. The maximum atomic E-state index is 12.3. The second-order valence-electron chi connectivity index (χ2n) is 5.63. The fourth-order valence-corrected chi connectivity index (χ4v) is 3.65. The maximum absolute atomic E-state index is 12.3. The lowest BCUT2D eigenvalue weighted by molar-refractivity contribution is 0.189. The molecule has 0 aromatic heterocycles. The van der Waals surface area contributed by atoms with Crippen molar-refractivity contribution in [1.29, 1.82) is 0 Å². The van der Waals surface area contributed by atoms with Gasteiger partial charge in [-0.15, -0.1) is 0 Å². The van der Waals surface area contributed by atoms with Crippen LogP contribution in [-0.2, 0) is 6.42 Å². The Morgan fingerprint density at radius 1 is 1.38 bits per heavy atom. The molecule has 116 valence electrons. The first-order valence-corrected chi connectivity index (χ1v) is 8.95. The number of amides is 2. The first-order valence-electron chi connectivity index (χ1n) is 7.42. The number of likely N-dealkylation sites (N-methyl/N-ethyl adjacent to an activating group) is 1. The Balaban J connectivity index is 1.84. The molecule has 1 fully saturated rings. The molecule has 0 unspecified atom stereocenters.